The number of amides is 1. The number of nitrogens with zero attached hydrogens (tertiary/aromatic N) is 2. The number of nitriles is 1. The quantitative estimate of drug-likeness (QED) is 0.749. The molecule has 0 saturated carbocycles. The molecule has 2 aromatic carbocycles. The second-order valence-electron chi connectivity index (χ2n) is 8.82. The molecule has 160 valence electrons. The number of rotatable bonds is 5. The summed E-state index contributed by atoms with van der Waals surface area (Å²) in [5.41, 5.74) is 0.833. The molecule has 3 rings (SSSR count). The van der Waals surface area contributed by atoms with Gasteiger partial charge in [-0.3, -0.25) is 14.5 Å². The number of carbonyl (C=O) groups excluding carboxylic acids is 2. The SMILES string of the molecule is CC(C)Oc1cccc(C2C(C(=O)C(C)(C)C)=C(O)C(=O)N2c2ccc(C#N)cc2)c1. The number of aliphatic hydroxyl groups excluding tert-OH is 1. The Labute approximate surface area is 182 Å². The number of ketones is 1. The highest BCUT2D eigenvalue weighted by atomic mass is 16.5. The molecule has 0 bridgehead atoms. The number of carbonyl (C=O) groups is 2. The Morgan fingerprint density at radius 2 is 1.81 bits per heavy atom. The zero-order valence-corrected chi connectivity index (χ0v) is 18.3. The van der Waals surface area contributed by atoms with Gasteiger partial charge in [0.2, 0.25) is 0 Å². The van der Waals surface area contributed by atoms with Crippen molar-refractivity contribution in [3.8, 4) is 11.8 Å². The lowest BCUT2D eigenvalue weighted by Gasteiger charge is -2.29. The highest BCUT2D eigenvalue weighted by Gasteiger charge is 2.46. The molecule has 0 saturated heterocycles. The molecular formula is C25H26N2O4. The van der Waals surface area contributed by atoms with E-state index in [1.54, 1.807) is 69.3 Å². The normalized spacial score (nSPS) is 16.6. The van der Waals surface area contributed by atoms with Gasteiger partial charge in [0.15, 0.2) is 11.5 Å². The van der Waals surface area contributed by atoms with Crippen molar-refractivity contribution >= 4 is 17.4 Å². The maximum atomic E-state index is 13.3. The van der Waals surface area contributed by atoms with Gasteiger partial charge in [0, 0.05) is 11.1 Å². The van der Waals surface area contributed by atoms with Gasteiger partial charge < -0.3 is 9.84 Å². The van der Waals surface area contributed by atoms with Crippen LogP contribution in [0.4, 0.5) is 5.69 Å². The van der Waals surface area contributed by atoms with Crippen LogP contribution in [-0.2, 0) is 9.59 Å². The lowest BCUT2D eigenvalue weighted by atomic mass is 9.82. The van der Waals surface area contributed by atoms with Crippen molar-refractivity contribution in [1.82, 2.24) is 0 Å². The molecule has 1 unspecified atom stereocenters. The van der Waals surface area contributed by atoms with Crippen molar-refractivity contribution in [3.63, 3.8) is 0 Å². The molecule has 2 aromatic rings. The van der Waals surface area contributed by atoms with Gasteiger partial charge in [-0.25, -0.2) is 0 Å². The van der Waals surface area contributed by atoms with E-state index in [0.717, 1.165) is 0 Å². The number of hydrogen-bond donors (Lipinski definition) is 1. The van der Waals surface area contributed by atoms with Crippen LogP contribution in [0, 0.1) is 16.7 Å². The number of aliphatic hydroxyl groups is 1. The van der Waals surface area contributed by atoms with Gasteiger partial charge in [0.1, 0.15) is 5.75 Å². The second kappa shape index (κ2) is 8.27. The lowest BCUT2D eigenvalue weighted by Crippen LogP contribution is -2.32. The minimum atomic E-state index is -0.817. The molecular weight excluding hydrogens is 392 g/mol. The molecule has 0 aromatic heterocycles. The van der Waals surface area contributed by atoms with E-state index in [9.17, 15) is 14.7 Å². The van der Waals surface area contributed by atoms with Gasteiger partial charge >= 0.3 is 0 Å². The zero-order chi connectivity index (χ0) is 22.9. The molecule has 1 aliphatic heterocycles. The first-order valence-corrected chi connectivity index (χ1v) is 10.1. The fourth-order valence-corrected chi connectivity index (χ4v) is 3.55. The van der Waals surface area contributed by atoms with E-state index in [1.807, 2.05) is 19.9 Å². The monoisotopic (exact) mass is 418 g/mol. The Balaban J connectivity index is 2.18. The average Bonchev–Trinajstić information content (AvgIpc) is 2.97. The van der Waals surface area contributed by atoms with E-state index in [0.29, 0.717) is 22.6 Å². The molecule has 1 N–H and O–H groups in total. The molecule has 6 heteroatoms. The van der Waals surface area contributed by atoms with Crippen molar-refractivity contribution in [2.75, 3.05) is 4.90 Å². The minimum Gasteiger partial charge on any atom is -0.503 e. The molecule has 1 atom stereocenters. The summed E-state index contributed by atoms with van der Waals surface area (Å²) < 4.78 is 5.80. The molecule has 0 aliphatic carbocycles. The Hall–Kier alpha value is -3.59. The summed E-state index contributed by atoms with van der Waals surface area (Å²) in [7, 11) is 0. The van der Waals surface area contributed by atoms with Gasteiger partial charge in [-0.2, -0.15) is 5.26 Å². The van der Waals surface area contributed by atoms with E-state index in [-0.39, 0.29) is 17.5 Å². The van der Waals surface area contributed by atoms with Crippen LogP contribution in [0.15, 0.2) is 59.9 Å². The number of ether oxygens (including phenoxy) is 1. The average molecular weight is 418 g/mol. The van der Waals surface area contributed by atoms with E-state index >= 15 is 0 Å². The molecule has 31 heavy (non-hydrogen) atoms. The molecule has 6 nitrogen and oxygen atoms in total. The van der Waals surface area contributed by atoms with Crippen LogP contribution in [0.2, 0.25) is 0 Å². The van der Waals surface area contributed by atoms with Crippen molar-refractivity contribution < 1.29 is 19.4 Å². The Kier molecular flexibility index (Phi) is 5.90. The van der Waals surface area contributed by atoms with Crippen molar-refractivity contribution in [2.24, 2.45) is 5.41 Å². The second-order valence-corrected chi connectivity index (χ2v) is 8.82. The summed E-state index contributed by atoms with van der Waals surface area (Å²) in [6.45, 7) is 9.07. The van der Waals surface area contributed by atoms with Gasteiger partial charge in [0.25, 0.3) is 5.91 Å². The summed E-state index contributed by atoms with van der Waals surface area (Å²) in [6, 6.07) is 14.9. The largest absolute Gasteiger partial charge is 0.503 e. The highest BCUT2D eigenvalue weighted by Crippen LogP contribution is 2.44. The van der Waals surface area contributed by atoms with Crippen molar-refractivity contribution in [3.05, 3.63) is 71.0 Å². The van der Waals surface area contributed by atoms with Gasteiger partial charge in [-0.1, -0.05) is 32.9 Å². The number of anilines is 1. The van der Waals surface area contributed by atoms with E-state index in [1.165, 1.54) is 4.90 Å². The van der Waals surface area contributed by atoms with Gasteiger partial charge in [-0.05, 0) is 55.8 Å². The van der Waals surface area contributed by atoms with Crippen LogP contribution in [0.3, 0.4) is 0 Å². The predicted octanol–water partition coefficient (Wildman–Crippen LogP) is 4.86. The van der Waals surface area contributed by atoms with Crippen molar-refractivity contribution in [1.29, 1.82) is 5.26 Å². The molecule has 0 radical (unpaired) electrons. The number of hydrogen-bond acceptors (Lipinski definition) is 5. The fourth-order valence-electron chi connectivity index (χ4n) is 3.55. The maximum Gasteiger partial charge on any atom is 0.294 e. The van der Waals surface area contributed by atoms with Gasteiger partial charge in [0.05, 0.1) is 29.4 Å². The number of Topliss-reactive ketones (excluding diaryl/α,β-unsaturated/α-hetero) is 1. The van der Waals surface area contributed by atoms with Gasteiger partial charge in [-0.15, -0.1) is 0 Å². The minimum absolute atomic E-state index is 0.0466. The third-order valence-corrected chi connectivity index (χ3v) is 4.95. The van der Waals surface area contributed by atoms with Crippen LogP contribution in [-0.4, -0.2) is 22.9 Å². The smallest absolute Gasteiger partial charge is 0.294 e. The van der Waals surface area contributed by atoms with E-state index in [4.69, 9.17) is 10.00 Å². The maximum absolute atomic E-state index is 13.3. The van der Waals surface area contributed by atoms with Crippen LogP contribution >= 0.6 is 0 Å². The first-order chi connectivity index (χ1) is 14.5. The molecule has 1 aliphatic rings. The predicted molar refractivity (Wildman–Crippen MR) is 118 cm³/mol. The topological polar surface area (TPSA) is 90.6 Å². The molecule has 1 amide bonds. The summed E-state index contributed by atoms with van der Waals surface area (Å²) in [4.78, 5) is 27.8. The first-order valence-electron chi connectivity index (χ1n) is 10.1. The number of benzene rings is 2. The van der Waals surface area contributed by atoms with Crippen molar-refractivity contribution in [2.45, 2.75) is 46.8 Å². The van der Waals surface area contributed by atoms with E-state index < -0.39 is 23.1 Å². The van der Waals surface area contributed by atoms with Crippen LogP contribution in [0.5, 0.6) is 5.75 Å². The van der Waals surface area contributed by atoms with E-state index in [2.05, 4.69) is 0 Å². The Morgan fingerprint density at radius 1 is 1.16 bits per heavy atom. The zero-order valence-electron chi connectivity index (χ0n) is 18.3. The lowest BCUT2D eigenvalue weighted by molar-refractivity contribution is -0.123. The standard InChI is InChI=1S/C25H26N2O4/c1-15(2)31-19-8-6-7-17(13-19)21-20(23(29)25(3,4)5)22(28)24(30)27(21)18-11-9-16(14-26)10-12-18/h6-13,15,21,28H,1-5H3. The Morgan fingerprint density at radius 3 is 2.35 bits per heavy atom. The first kappa shape index (κ1) is 22.1. The fraction of sp³-hybridized carbons (Fsp3) is 0.320. The summed E-state index contributed by atoms with van der Waals surface area (Å²) >= 11 is 0. The van der Waals surface area contributed by atoms with Crippen LogP contribution in [0.25, 0.3) is 0 Å². The highest BCUT2D eigenvalue weighted by molar-refractivity contribution is 6.17. The summed E-state index contributed by atoms with van der Waals surface area (Å²) in [6.07, 6.45) is -0.0466. The van der Waals surface area contributed by atoms with Crippen LogP contribution in [0.1, 0.15) is 51.8 Å². The summed E-state index contributed by atoms with van der Waals surface area (Å²) in [5.74, 6) is -0.912. The van der Waals surface area contributed by atoms with Crippen LogP contribution < -0.4 is 9.64 Å². The molecule has 1 heterocycles. The molecule has 0 spiro atoms. The Bertz CT molecular complexity index is 1090. The molecule has 0 fully saturated rings. The summed E-state index contributed by atoms with van der Waals surface area (Å²) in [5, 5.41) is 19.8. The third-order valence-electron chi connectivity index (χ3n) is 4.95. The third kappa shape index (κ3) is 4.31.